The Kier molecular flexibility index (Phi) is 8.33. The minimum absolute atomic E-state index is 0.0737. The van der Waals surface area contributed by atoms with Crippen LogP contribution in [0.3, 0.4) is 0 Å². The van der Waals surface area contributed by atoms with Gasteiger partial charge < -0.3 is 9.47 Å². The normalized spacial score (nSPS) is 11.0. The van der Waals surface area contributed by atoms with Crippen molar-refractivity contribution in [2.24, 2.45) is 0 Å². The molecule has 0 bridgehead atoms. The summed E-state index contributed by atoms with van der Waals surface area (Å²) in [6.45, 7) is 3.52. The molecule has 0 aliphatic heterocycles. The summed E-state index contributed by atoms with van der Waals surface area (Å²) >= 11 is 0. The molecule has 4 aromatic rings. The van der Waals surface area contributed by atoms with Gasteiger partial charge in [-0.15, -0.1) is 0 Å². The molecule has 0 spiro atoms. The van der Waals surface area contributed by atoms with Gasteiger partial charge in [0, 0.05) is 23.3 Å². The van der Waals surface area contributed by atoms with E-state index in [-0.39, 0.29) is 29.0 Å². The summed E-state index contributed by atoms with van der Waals surface area (Å²) in [6.07, 6.45) is -3.23. The first-order valence-electron chi connectivity index (χ1n) is 11.5. The van der Waals surface area contributed by atoms with E-state index in [0.29, 0.717) is 30.3 Å². The summed E-state index contributed by atoms with van der Waals surface area (Å²) in [6, 6.07) is 7.62. The average molecular weight is 578 g/mol. The molecule has 0 aromatic heterocycles. The van der Waals surface area contributed by atoms with Crippen molar-refractivity contribution in [2.75, 3.05) is 6.61 Å². The van der Waals surface area contributed by atoms with Gasteiger partial charge >= 0.3 is 6.11 Å². The van der Waals surface area contributed by atoms with Crippen LogP contribution in [0.4, 0.5) is 39.5 Å². The van der Waals surface area contributed by atoms with Crippen LogP contribution in [0.25, 0.3) is 11.1 Å². The molecule has 210 valence electrons. The molecule has 0 saturated carbocycles. The Morgan fingerprint density at radius 1 is 0.683 bits per heavy atom. The number of benzene rings is 4. The zero-order valence-electron chi connectivity index (χ0n) is 20.5. The lowest BCUT2D eigenvalue weighted by Crippen LogP contribution is -2.25. The van der Waals surface area contributed by atoms with E-state index in [0.717, 1.165) is 24.3 Å². The van der Waals surface area contributed by atoms with E-state index in [9.17, 15) is 39.5 Å². The zero-order chi connectivity index (χ0) is 29.9. The fourth-order valence-electron chi connectivity index (χ4n) is 3.61. The lowest BCUT2D eigenvalue weighted by molar-refractivity contribution is -0.189. The molecule has 0 unspecified atom stereocenters. The minimum Gasteiger partial charge on any atom is -0.489 e. The van der Waals surface area contributed by atoms with E-state index in [1.807, 2.05) is 0 Å². The van der Waals surface area contributed by atoms with Crippen LogP contribution >= 0.6 is 0 Å². The molecule has 0 amide bonds. The summed E-state index contributed by atoms with van der Waals surface area (Å²) in [7, 11) is 0. The van der Waals surface area contributed by atoms with Crippen LogP contribution in [0.1, 0.15) is 16.7 Å². The number of alkyl halides is 2. The average Bonchev–Trinajstić information content (AvgIpc) is 2.89. The number of halogens is 9. The third kappa shape index (κ3) is 6.49. The van der Waals surface area contributed by atoms with Crippen molar-refractivity contribution in [1.29, 1.82) is 0 Å². The standard InChI is InChI=1S/C30H15F9O2/c1-2-9-40-19-7-8-21(23(32)14-19)18-12-24(33)28(25(34)13-18)30(38,39)41-20-6-5-17(22(31)15-20)4-3-16-10-26(35)29(37)27(36)11-16/h2,5-8,10-15H,1,9H2. The molecule has 0 radical (unpaired) electrons. The first-order valence-corrected chi connectivity index (χ1v) is 11.5. The summed E-state index contributed by atoms with van der Waals surface area (Å²) in [5.74, 6) is -6.81. The molecule has 41 heavy (non-hydrogen) atoms. The SMILES string of the molecule is C=CCOc1ccc(-c2cc(F)c(C(F)(F)Oc3ccc(C#Cc4cc(F)c(F)c(F)c4)c(F)c3)c(F)c2)c(F)c1. The van der Waals surface area contributed by atoms with Crippen molar-refractivity contribution in [2.45, 2.75) is 6.11 Å². The molecule has 2 nitrogen and oxygen atoms in total. The van der Waals surface area contributed by atoms with Crippen molar-refractivity contribution < 1.29 is 49.0 Å². The van der Waals surface area contributed by atoms with Crippen LogP contribution in [0.5, 0.6) is 11.5 Å². The van der Waals surface area contributed by atoms with Gasteiger partial charge in [0.2, 0.25) is 0 Å². The second-order valence-electron chi connectivity index (χ2n) is 8.32. The van der Waals surface area contributed by atoms with Gasteiger partial charge in [0.05, 0.1) is 5.56 Å². The van der Waals surface area contributed by atoms with E-state index < -0.39 is 63.7 Å². The largest absolute Gasteiger partial charge is 0.489 e. The summed E-state index contributed by atoms with van der Waals surface area (Å²) < 4.78 is 137. The summed E-state index contributed by atoms with van der Waals surface area (Å²) in [5.41, 5.74) is -3.25. The highest BCUT2D eigenvalue weighted by Crippen LogP contribution is 2.38. The highest BCUT2D eigenvalue weighted by Gasteiger charge is 2.41. The topological polar surface area (TPSA) is 18.5 Å². The smallest absolute Gasteiger partial charge is 0.432 e. The summed E-state index contributed by atoms with van der Waals surface area (Å²) in [5, 5.41) is 0. The number of hydrogen-bond donors (Lipinski definition) is 0. The van der Waals surface area contributed by atoms with Crippen LogP contribution in [0.15, 0.2) is 73.3 Å². The van der Waals surface area contributed by atoms with Gasteiger partial charge in [-0.25, -0.2) is 30.7 Å². The third-order valence-electron chi connectivity index (χ3n) is 5.46. The summed E-state index contributed by atoms with van der Waals surface area (Å²) in [4.78, 5) is 0. The van der Waals surface area contributed by atoms with E-state index >= 15 is 0 Å². The van der Waals surface area contributed by atoms with Gasteiger partial charge in [0.15, 0.2) is 17.5 Å². The quantitative estimate of drug-likeness (QED) is 0.0949. The first kappa shape index (κ1) is 29.1. The molecule has 0 atom stereocenters. The van der Waals surface area contributed by atoms with Crippen molar-refractivity contribution in [3.63, 3.8) is 0 Å². The van der Waals surface area contributed by atoms with E-state index in [2.05, 4.69) is 23.2 Å². The van der Waals surface area contributed by atoms with Crippen molar-refractivity contribution >= 4 is 0 Å². The number of ether oxygens (including phenoxy) is 2. The highest BCUT2D eigenvalue weighted by atomic mass is 19.3. The zero-order valence-corrected chi connectivity index (χ0v) is 20.5. The maximum absolute atomic E-state index is 14.8. The Hall–Kier alpha value is -4.85. The lowest BCUT2D eigenvalue weighted by atomic mass is 10.0. The van der Waals surface area contributed by atoms with Gasteiger partial charge in [-0.2, -0.15) is 8.78 Å². The van der Waals surface area contributed by atoms with Crippen LogP contribution < -0.4 is 9.47 Å². The molecule has 11 heteroatoms. The van der Waals surface area contributed by atoms with E-state index in [1.165, 1.54) is 12.1 Å². The van der Waals surface area contributed by atoms with Crippen LogP contribution in [0.2, 0.25) is 0 Å². The number of hydrogen-bond acceptors (Lipinski definition) is 2. The maximum atomic E-state index is 14.8. The third-order valence-corrected chi connectivity index (χ3v) is 5.46. The first-order chi connectivity index (χ1) is 19.4. The Labute approximate surface area is 227 Å². The van der Waals surface area contributed by atoms with Gasteiger partial charge in [-0.05, 0) is 54.1 Å². The van der Waals surface area contributed by atoms with Crippen molar-refractivity contribution in [1.82, 2.24) is 0 Å². The molecule has 0 aliphatic carbocycles. The monoisotopic (exact) mass is 578 g/mol. The Morgan fingerprint density at radius 2 is 1.29 bits per heavy atom. The second kappa shape index (κ2) is 11.7. The molecule has 0 N–H and O–H groups in total. The predicted octanol–water partition coefficient (Wildman–Crippen LogP) is 8.42. The Morgan fingerprint density at radius 3 is 1.88 bits per heavy atom. The fourth-order valence-corrected chi connectivity index (χ4v) is 3.61. The van der Waals surface area contributed by atoms with Crippen molar-refractivity contribution in [3.05, 3.63) is 131 Å². The molecule has 0 fully saturated rings. The molecular formula is C30H15F9O2. The molecule has 0 aliphatic rings. The second-order valence-corrected chi connectivity index (χ2v) is 8.32. The highest BCUT2D eigenvalue weighted by molar-refractivity contribution is 5.66. The lowest BCUT2D eigenvalue weighted by Gasteiger charge is -2.20. The molecule has 0 saturated heterocycles. The number of rotatable bonds is 7. The van der Waals surface area contributed by atoms with Crippen LogP contribution in [-0.4, -0.2) is 6.61 Å². The van der Waals surface area contributed by atoms with Gasteiger partial charge in [0.25, 0.3) is 0 Å². The minimum atomic E-state index is -4.64. The predicted molar refractivity (Wildman–Crippen MR) is 131 cm³/mol. The molecule has 4 aromatic carbocycles. The molecular weight excluding hydrogens is 563 g/mol. The van der Waals surface area contributed by atoms with Crippen LogP contribution in [0, 0.1) is 52.6 Å². The Bertz CT molecular complexity index is 1660. The van der Waals surface area contributed by atoms with Gasteiger partial charge in [-0.3, -0.25) is 0 Å². The maximum Gasteiger partial charge on any atom is 0.432 e. The Balaban J connectivity index is 1.57. The van der Waals surface area contributed by atoms with Crippen LogP contribution in [-0.2, 0) is 6.11 Å². The molecule has 0 heterocycles. The fraction of sp³-hybridized carbons (Fsp3) is 0.0667. The molecule has 4 rings (SSSR count). The van der Waals surface area contributed by atoms with Crippen molar-refractivity contribution in [3.8, 4) is 34.5 Å². The van der Waals surface area contributed by atoms with Gasteiger partial charge in [-0.1, -0.05) is 24.5 Å². The van der Waals surface area contributed by atoms with E-state index in [1.54, 1.807) is 0 Å². The van der Waals surface area contributed by atoms with E-state index in [4.69, 9.17) is 4.74 Å². The van der Waals surface area contributed by atoms with Gasteiger partial charge in [0.1, 0.15) is 46.9 Å².